The number of aromatic hydroxyl groups is 1. The van der Waals surface area contributed by atoms with Crippen LogP contribution in [0.3, 0.4) is 0 Å². The average Bonchev–Trinajstić information content (AvgIpc) is 2.40. The van der Waals surface area contributed by atoms with Gasteiger partial charge in [-0.1, -0.05) is 36.4 Å². The number of benzene rings is 2. The molecule has 0 aliphatic heterocycles. The first-order chi connectivity index (χ1) is 9.16. The lowest BCUT2D eigenvalue weighted by atomic mass is 10.0. The van der Waals surface area contributed by atoms with Crippen molar-refractivity contribution in [3.8, 4) is 11.5 Å². The van der Waals surface area contributed by atoms with E-state index >= 15 is 0 Å². The third-order valence-corrected chi connectivity index (χ3v) is 2.83. The number of aliphatic hydroxyl groups is 1. The molecule has 100 valence electrons. The summed E-state index contributed by atoms with van der Waals surface area (Å²) >= 11 is 0. The van der Waals surface area contributed by atoms with Crippen LogP contribution >= 0.6 is 0 Å². The standard InChI is InChI=1S/C16H18O3/c1-12(17)11-19-16-9-5-3-7-14(16)10-13-6-2-4-8-15(13)18/h2-9,12,17-18H,10-11H2,1H3. The lowest BCUT2D eigenvalue weighted by Gasteiger charge is -2.13. The topological polar surface area (TPSA) is 49.7 Å². The highest BCUT2D eigenvalue weighted by Gasteiger charge is 2.07. The highest BCUT2D eigenvalue weighted by Crippen LogP contribution is 2.25. The second kappa shape index (κ2) is 6.25. The van der Waals surface area contributed by atoms with E-state index in [9.17, 15) is 10.2 Å². The maximum Gasteiger partial charge on any atom is 0.122 e. The Hall–Kier alpha value is -2.00. The van der Waals surface area contributed by atoms with Crippen LogP contribution in [-0.2, 0) is 6.42 Å². The van der Waals surface area contributed by atoms with Crippen molar-refractivity contribution in [2.75, 3.05) is 6.61 Å². The number of hydrogen-bond acceptors (Lipinski definition) is 3. The Kier molecular flexibility index (Phi) is 4.42. The fourth-order valence-electron chi connectivity index (χ4n) is 1.87. The predicted molar refractivity (Wildman–Crippen MR) is 74.5 cm³/mol. The fraction of sp³-hybridized carbons (Fsp3) is 0.250. The Labute approximate surface area is 113 Å². The first-order valence-electron chi connectivity index (χ1n) is 6.32. The van der Waals surface area contributed by atoms with Crippen molar-refractivity contribution in [2.45, 2.75) is 19.4 Å². The van der Waals surface area contributed by atoms with Gasteiger partial charge in [-0.15, -0.1) is 0 Å². The molecule has 0 aliphatic carbocycles. The average molecular weight is 258 g/mol. The molecule has 1 unspecified atom stereocenters. The van der Waals surface area contributed by atoms with Crippen LogP contribution in [0.15, 0.2) is 48.5 Å². The number of ether oxygens (including phenoxy) is 1. The van der Waals surface area contributed by atoms with Gasteiger partial charge >= 0.3 is 0 Å². The lowest BCUT2D eigenvalue weighted by Crippen LogP contribution is -2.13. The van der Waals surface area contributed by atoms with Gasteiger partial charge in [-0.2, -0.15) is 0 Å². The smallest absolute Gasteiger partial charge is 0.122 e. The largest absolute Gasteiger partial charge is 0.508 e. The summed E-state index contributed by atoms with van der Waals surface area (Å²) < 4.78 is 5.58. The number of hydrogen-bond donors (Lipinski definition) is 2. The Morgan fingerprint density at radius 3 is 2.32 bits per heavy atom. The van der Waals surface area contributed by atoms with E-state index in [1.807, 2.05) is 36.4 Å². The van der Waals surface area contributed by atoms with Crippen LogP contribution in [0.4, 0.5) is 0 Å². The van der Waals surface area contributed by atoms with E-state index in [2.05, 4.69) is 0 Å². The second-order valence-corrected chi connectivity index (χ2v) is 4.57. The SMILES string of the molecule is CC(O)COc1ccccc1Cc1ccccc1O. The van der Waals surface area contributed by atoms with Crippen molar-refractivity contribution in [3.63, 3.8) is 0 Å². The zero-order valence-electron chi connectivity index (χ0n) is 10.9. The van der Waals surface area contributed by atoms with Crippen molar-refractivity contribution in [2.24, 2.45) is 0 Å². The molecule has 0 heterocycles. The molecule has 0 aromatic heterocycles. The normalized spacial score (nSPS) is 12.1. The highest BCUT2D eigenvalue weighted by molar-refractivity contribution is 5.41. The van der Waals surface area contributed by atoms with Gasteiger partial charge in [0.2, 0.25) is 0 Å². The van der Waals surface area contributed by atoms with Crippen molar-refractivity contribution < 1.29 is 14.9 Å². The first-order valence-corrected chi connectivity index (χ1v) is 6.32. The van der Waals surface area contributed by atoms with Gasteiger partial charge in [0.25, 0.3) is 0 Å². The van der Waals surface area contributed by atoms with Crippen LogP contribution in [0.2, 0.25) is 0 Å². The maximum atomic E-state index is 9.80. The van der Waals surface area contributed by atoms with Crippen LogP contribution in [0.25, 0.3) is 0 Å². The zero-order valence-corrected chi connectivity index (χ0v) is 10.9. The van der Waals surface area contributed by atoms with E-state index in [0.29, 0.717) is 6.42 Å². The van der Waals surface area contributed by atoms with E-state index in [1.54, 1.807) is 19.1 Å². The number of rotatable bonds is 5. The molecule has 0 saturated heterocycles. The number of para-hydroxylation sites is 2. The summed E-state index contributed by atoms with van der Waals surface area (Å²) in [5, 5.41) is 19.1. The van der Waals surface area contributed by atoms with Crippen molar-refractivity contribution in [1.29, 1.82) is 0 Å². The Morgan fingerprint density at radius 2 is 1.63 bits per heavy atom. The fourth-order valence-corrected chi connectivity index (χ4v) is 1.87. The molecule has 0 radical (unpaired) electrons. The molecule has 2 aromatic rings. The Balaban J connectivity index is 2.18. The minimum Gasteiger partial charge on any atom is -0.508 e. The molecule has 1 atom stereocenters. The molecule has 3 heteroatoms. The highest BCUT2D eigenvalue weighted by atomic mass is 16.5. The molecule has 19 heavy (non-hydrogen) atoms. The molecule has 0 amide bonds. The molecule has 3 nitrogen and oxygen atoms in total. The second-order valence-electron chi connectivity index (χ2n) is 4.57. The van der Waals surface area contributed by atoms with E-state index in [4.69, 9.17) is 4.74 Å². The molecule has 2 aromatic carbocycles. The molecule has 2 N–H and O–H groups in total. The summed E-state index contributed by atoms with van der Waals surface area (Å²) in [5.74, 6) is 1.03. The van der Waals surface area contributed by atoms with Crippen molar-refractivity contribution in [3.05, 3.63) is 59.7 Å². The number of phenolic OH excluding ortho intramolecular Hbond substituents is 1. The third kappa shape index (κ3) is 3.73. The Morgan fingerprint density at radius 1 is 1.00 bits per heavy atom. The summed E-state index contributed by atoms with van der Waals surface area (Å²) in [7, 11) is 0. The first kappa shape index (κ1) is 13.4. The van der Waals surface area contributed by atoms with Crippen molar-refractivity contribution >= 4 is 0 Å². The monoisotopic (exact) mass is 258 g/mol. The number of phenols is 1. The molecule has 0 fully saturated rings. The molecule has 0 bridgehead atoms. The molecule has 2 rings (SSSR count). The van der Waals surface area contributed by atoms with E-state index in [-0.39, 0.29) is 12.4 Å². The molecule has 0 spiro atoms. The van der Waals surface area contributed by atoms with E-state index < -0.39 is 6.10 Å². The zero-order chi connectivity index (χ0) is 13.7. The van der Waals surface area contributed by atoms with Crippen molar-refractivity contribution in [1.82, 2.24) is 0 Å². The minimum atomic E-state index is -0.502. The van der Waals surface area contributed by atoms with Gasteiger partial charge in [-0.3, -0.25) is 0 Å². The summed E-state index contributed by atoms with van der Waals surface area (Å²) in [4.78, 5) is 0. The van der Waals surface area contributed by atoms with E-state index in [1.165, 1.54) is 0 Å². The molecular weight excluding hydrogens is 240 g/mol. The van der Waals surface area contributed by atoms with E-state index in [0.717, 1.165) is 16.9 Å². The predicted octanol–water partition coefficient (Wildman–Crippen LogP) is 2.74. The summed E-state index contributed by atoms with van der Waals surface area (Å²) in [6, 6.07) is 14.9. The summed E-state index contributed by atoms with van der Waals surface area (Å²) in [5.41, 5.74) is 1.85. The van der Waals surface area contributed by atoms with Crippen LogP contribution in [0.1, 0.15) is 18.1 Å². The number of aliphatic hydroxyl groups excluding tert-OH is 1. The minimum absolute atomic E-state index is 0.262. The summed E-state index contributed by atoms with van der Waals surface area (Å²) in [6.07, 6.45) is 0.0982. The van der Waals surface area contributed by atoms with Gasteiger partial charge in [-0.05, 0) is 30.2 Å². The lowest BCUT2D eigenvalue weighted by molar-refractivity contribution is 0.122. The van der Waals surface area contributed by atoms with Gasteiger partial charge in [-0.25, -0.2) is 0 Å². The van der Waals surface area contributed by atoms with Crippen LogP contribution in [0.5, 0.6) is 11.5 Å². The van der Waals surface area contributed by atoms with Gasteiger partial charge in [0.05, 0.1) is 6.10 Å². The maximum absolute atomic E-state index is 9.80. The third-order valence-electron chi connectivity index (χ3n) is 2.83. The van der Waals surface area contributed by atoms with Gasteiger partial charge in [0.1, 0.15) is 18.1 Å². The van der Waals surface area contributed by atoms with Crippen LogP contribution in [0, 0.1) is 0 Å². The van der Waals surface area contributed by atoms with Gasteiger partial charge in [0, 0.05) is 6.42 Å². The van der Waals surface area contributed by atoms with Crippen LogP contribution < -0.4 is 4.74 Å². The van der Waals surface area contributed by atoms with Crippen LogP contribution in [-0.4, -0.2) is 22.9 Å². The Bertz CT molecular complexity index is 535. The van der Waals surface area contributed by atoms with Gasteiger partial charge < -0.3 is 14.9 Å². The molecule has 0 saturated carbocycles. The quantitative estimate of drug-likeness (QED) is 0.867. The summed E-state index contributed by atoms with van der Waals surface area (Å²) in [6.45, 7) is 1.95. The van der Waals surface area contributed by atoms with Gasteiger partial charge in [0.15, 0.2) is 0 Å². The molecule has 0 aliphatic rings. The molecular formula is C16H18O3.